The fraction of sp³-hybridized carbons (Fsp3) is 0.136. The molecule has 28 heavy (non-hydrogen) atoms. The number of carbonyl (C=O) groups excluding carboxylic acids is 1. The number of ether oxygens (including phenoxy) is 1. The molecule has 0 aliphatic rings. The van der Waals surface area contributed by atoms with E-state index in [0.717, 1.165) is 38.2 Å². The van der Waals surface area contributed by atoms with E-state index in [2.05, 4.69) is 15.3 Å². The van der Waals surface area contributed by atoms with Crippen LogP contribution in [0.2, 0.25) is 0 Å². The number of thiophene rings is 1. The molecule has 5 nitrogen and oxygen atoms in total. The summed E-state index contributed by atoms with van der Waals surface area (Å²) in [6, 6.07) is 15.9. The molecule has 0 unspecified atom stereocenters. The van der Waals surface area contributed by atoms with Crippen molar-refractivity contribution in [2.24, 2.45) is 0 Å². The Morgan fingerprint density at radius 2 is 1.79 bits per heavy atom. The Hall–Kier alpha value is -3.25. The number of nitrogens with one attached hydrogen (secondary N) is 1. The van der Waals surface area contributed by atoms with Gasteiger partial charge in [0.15, 0.2) is 6.61 Å². The van der Waals surface area contributed by atoms with E-state index in [-0.39, 0.29) is 12.5 Å². The van der Waals surface area contributed by atoms with Crippen molar-refractivity contribution in [3.63, 3.8) is 0 Å². The van der Waals surface area contributed by atoms with Crippen molar-refractivity contribution >= 4 is 33.1 Å². The normalized spacial score (nSPS) is 10.8. The van der Waals surface area contributed by atoms with Crippen LogP contribution < -0.4 is 10.1 Å². The highest BCUT2D eigenvalue weighted by Gasteiger charge is 2.15. The maximum atomic E-state index is 12.4. The Labute approximate surface area is 167 Å². The first-order valence-corrected chi connectivity index (χ1v) is 9.78. The third-order valence-electron chi connectivity index (χ3n) is 4.51. The van der Waals surface area contributed by atoms with Gasteiger partial charge in [0.2, 0.25) is 5.88 Å². The molecule has 2 aromatic heterocycles. The average Bonchev–Trinajstić information content (AvgIpc) is 3.15. The molecule has 0 aliphatic carbocycles. The van der Waals surface area contributed by atoms with Gasteiger partial charge in [0, 0.05) is 16.6 Å². The molecule has 4 rings (SSSR count). The van der Waals surface area contributed by atoms with Crippen molar-refractivity contribution in [2.75, 3.05) is 11.9 Å². The summed E-state index contributed by atoms with van der Waals surface area (Å²) in [4.78, 5) is 21.9. The molecule has 0 spiro atoms. The van der Waals surface area contributed by atoms with E-state index >= 15 is 0 Å². The van der Waals surface area contributed by atoms with E-state index in [1.54, 1.807) is 0 Å². The van der Waals surface area contributed by atoms with Crippen LogP contribution in [-0.4, -0.2) is 22.5 Å². The van der Waals surface area contributed by atoms with Crippen LogP contribution in [0.3, 0.4) is 0 Å². The van der Waals surface area contributed by atoms with Gasteiger partial charge >= 0.3 is 0 Å². The van der Waals surface area contributed by atoms with Crippen LogP contribution in [0.1, 0.15) is 11.1 Å². The summed E-state index contributed by atoms with van der Waals surface area (Å²) in [5.74, 6) is 0.197. The molecule has 1 amide bonds. The molecule has 140 valence electrons. The van der Waals surface area contributed by atoms with Gasteiger partial charge in [0.05, 0.1) is 5.39 Å². The van der Waals surface area contributed by atoms with Crippen LogP contribution in [0, 0.1) is 13.8 Å². The molecule has 0 bridgehead atoms. The number of aryl methyl sites for hydroxylation is 2. The first-order chi connectivity index (χ1) is 13.6. The summed E-state index contributed by atoms with van der Waals surface area (Å²) >= 11 is 1.53. The summed E-state index contributed by atoms with van der Waals surface area (Å²) in [6.45, 7) is 3.81. The first kappa shape index (κ1) is 18.1. The summed E-state index contributed by atoms with van der Waals surface area (Å²) in [7, 11) is 0. The van der Waals surface area contributed by atoms with Gasteiger partial charge in [-0.05, 0) is 30.5 Å². The lowest BCUT2D eigenvalue weighted by atomic mass is 10.1. The number of aromatic nitrogens is 2. The zero-order chi connectivity index (χ0) is 19.5. The first-order valence-electron chi connectivity index (χ1n) is 8.90. The van der Waals surface area contributed by atoms with Gasteiger partial charge in [-0.1, -0.05) is 48.5 Å². The lowest BCUT2D eigenvalue weighted by Crippen LogP contribution is -2.21. The van der Waals surface area contributed by atoms with E-state index in [1.807, 2.05) is 67.8 Å². The van der Waals surface area contributed by atoms with Crippen LogP contribution in [0.4, 0.5) is 5.69 Å². The summed E-state index contributed by atoms with van der Waals surface area (Å²) in [5.41, 5.74) is 4.92. The van der Waals surface area contributed by atoms with Crippen LogP contribution in [0.5, 0.6) is 5.88 Å². The molecule has 0 saturated heterocycles. The third kappa shape index (κ3) is 3.59. The van der Waals surface area contributed by atoms with Crippen LogP contribution in [0.15, 0.2) is 60.2 Å². The Bertz CT molecular complexity index is 1120. The fourth-order valence-electron chi connectivity index (χ4n) is 3.11. The molecular weight excluding hydrogens is 370 g/mol. The molecule has 6 heteroatoms. The zero-order valence-electron chi connectivity index (χ0n) is 15.6. The number of fused-ring (bicyclic) bond motifs is 1. The van der Waals surface area contributed by atoms with Crippen LogP contribution >= 0.6 is 11.3 Å². The maximum Gasteiger partial charge on any atom is 0.262 e. The van der Waals surface area contributed by atoms with Crippen LogP contribution in [-0.2, 0) is 4.79 Å². The summed E-state index contributed by atoms with van der Waals surface area (Å²) in [6.07, 6.45) is 1.46. The van der Waals surface area contributed by atoms with Crippen molar-refractivity contribution in [3.8, 4) is 17.0 Å². The topological polar surface area (TPSA) is 64.1 Å². The third-order valence-corrected chi connectivity index (χ3v) is 5.39. The number of hydrogen-bond acceptors (Lipinski definition) is 5. The van der Waals surface area contributed by atoms with E-state index < -0.39 is 0 Å². The average molecular weight is 389 g/mol. The summed E-state index contributed by atoms with van der Waals surface area (Å²) < 4.78 is 5.80. The van der Waals surface area contributed by atoms with Crippen LogP contribution in [0.25, 0.3) is 21.3 Å². The number of anilines is 1. The Balaban J connectivity index is 1.57. The highest BCUT2D eigenvalue weighted by atomic mass is 32.1. The molecule has 2 aromatic carbocycles. The van der Waals surface area contributed by atoms with Gasteiger partial charge in [-0.25, -0.2) is 9.97 Å². The number of hydrogen-bond donors (Lipinski definition) is 1. The molecule has 0 radical (unpaired) electrons. The van der Waals surface area contributed by atoms with Crippen molar-refractivity contribution in [1.82, 2.24) is 9.97 Å². The Morgan fingerprint density at radius 3 is 2.54 bits per heavy atom. The zero-order valence-corrected chi connectivity index (χ0v) is 16.4. The quantitative estimate of drug-likeness (QED) is 0.522. The predicted octanol–water partition coefficient (Wildman–Crippen LogP) is 4.99. The second kappa shape index (κ2) is 7.78. The number of amides is 1. The van der Waals surface area contributed by atoms with Gasteiger partial charge in [0.1, 0.15) is 11.2 Å². The van der Waals surface area contributed by atoms with Gasteiger partial charge in [-0.15, -0.1) is 11.3 Å². The minimum atomic E-state index is -0.222. The molecule has 2 heterocycles. The lowest BCUT2D eigenvalue weighted by molar-refractivity contribution is -0.118. The van der Waals surface area contributed by atoms with E-state index in [1.165, 1.54) is 17.7 Å². The van der Waals surface area contributed by atoms with Crippen molar-refractivity contribution in [3.05, 3.63) is 71.4 Å². The molecule has 0 atom stereocenters. The highest BCUT2D eigenvalue weighted by molar-refractivity contribution is 7.17. The van der Waals surface area contributed by atoms with Crippen molar-refractivity contribution in [1.29, 1.82) is 0 Å². The molecular formula is C22H19N3O2S. The van der Waals surface area contributed by atoms with E-state index in [0.29, 0.717) is 5.88 Å². The number of benzene rings is 2. The maximum absolute atomic E-state index is 12.4. The van der Waals surface area contributed by atoms with Gasteiger partial charge in [-0.3, -0.25) is 4.79 Å². The summed E-state index contributed by atoms with van der Waals surface area (Å²) in [5, 5.41) is 5.80. The second-order valence-corrected chi connectivity index (χ2v) is 7.34. The minimum Gasteiger partial charge on any atom is -0.467 e. The number of carbonyl (C=O) groups is 1. The SMILES string of the molecule is Cc1cccc(C)c1NC(=O)COc1ncnc2scc(-c3ccccc3)c12. The van der Waals surface area contributed by atoms with Gasteiger partial charge in [0.25, 0.3) is 5.91 Å². The van der Waals surface area contributed by atoms with E-state index in [9.17, 15) is 4.79 Å². The molecule has 0 aliphatic heterocycles. The van der Waals surface area contributed by atoms with Gasteiger partial charge < -0.3 is 10.1 Å². The molecule has 0 fully saturated rings. The number of nitrogens with zero attached hydrogens (tertiary/aromatic N) is 2. The fourth-order valence-corrected chi connectivity index (χ4v) is 4.01. The second-order valence-electron chi connectivity index (χ2n) is 6.48. The monoisotopic (exact) mass is 389 g/mol. The van der Waals surface area contributed by atoms with E-state index in [4.69, 9.17) is 4.74 Å². The molecule has 1 N–H and O–H groups in total. The van der Waals surface area contributed by atoms with Gasteiger partial charge in [-0.2, -0.15) is 0 Å². The molecule has 4 aromatic rings. The highest BCUT2D eigenvalue weighted by Crippen LogP contribution is 2.37. The largest absolute Gasteiger partial charge is 0.467 e. The standard InChI is InChI=1S/C22H19N3O2S/c1-14-7-6-8-15(2)20(14)25-18(26)11-27-21-19-17(16-9-4-3-5-10-16)12-28-22(19)24-13-23-21/h3-10,12-13H,11H2,1-2H3,(H,25,26). The Morgan fingerprint density at radius 1 is 1.04 bits per heavy atom. The number of rotatable bonds is 5. The van der Waals surface area contributed by atoms with Crippen molar-refractivity contribution in [2.45, 2.75) is 13.8 Å². The minimum absolute atomic E-state index is 0.121. The smallest absolute Gasteiger partial charge is 0.262 e. The molecule has 0 saturated carbocycles. The Kier molecular flexibility index (Phi) is 5.04. The van der Waals surface area contributed by atoms with Crippen molar-refractivity contribution < 1.29 is 9.53 Å². The lowest BCUT2D eigenvalue weighted by Gasteiger charge is -2.12. The number of para-hydroxylation sites is 1. The predicted molar refractivity (Wildman–Crippen MR) is 113 cm³/mol.